The number of rotatable bonds is 14. The van der Waals surface area contributed by atoms with Crippen LogP contribution in [0, 0.1) is 28.8 Å². The number of nitrogens with one attached hydrogen (secondary N) is 2. The molecule has 1 amide bonds. The number of ether oxygens (including phenoxy) is 1. The summed E-state index contributed by atoms with van der Waals surface area (Å²) >= 11 is 1.44. The summed E-state index contributed by atoms with van der Waals surface area (Å²) in [5.74, 6) is -0.759. The molecule has 5 heterocycles. The second-order valence-corrected chi connectivity index (χ2v) is 22.0. The Bertz CT molecular complexity index is 2710. The Kier molecular flexibility index (Phi) is 11.9. The first-order chi connectivity index (χ1) is 31.3. The fourth-order valence-electron chi connectivity index (χ4n) is 13.7. The number of aromatic carboxylic acids is 1. The van der Waals surface area contributed by atoms with Gasteiger partial charge in [0.1, 0.15) is 5.82 Å². The molecule has 4 aliphatic carbocycles. The molecule has 65 heavy (non-hydrogen) atoms. The van der Waals surface area contributed by atoms with Crippen LogP contribution in [-0.4, -0.2) is 92.6 Å². The van der Waals surface area contributed by atoms with Gasteiger partial charge in [-0.2, -0.15) is 5.10 Å². The number of anilines is 2. The monoisotopic (exact) mass is 914 g/mol. The second-order valence-electron chi connectivity index (χ2n) is 20.5. The van der Waals surface area contributed by atoms with Gasteiger partial charge in [0, 0.05) is 35.5 Å². The zero-order valence-electron chi connectivity index (χ0n) is 37.7. The van der Waals surface area contributed by atoms with E-state index in [1.807, 2.05) is 54.7 Å². The van der Waals surface area contributed by atoms with Crippen LogP contribution in [0.1, 0.15) is 109 Å². The summed E-state index contributed by atoms with van der Waals surface area (Å²) in [5, 5.41) is 22.7. The van der Waals surface area contributed by atoms with Crippen molar-refractivity contribution in [2.45, 2.75) is 110 Å². The number of thiazole rings is 1. The van der Waals surface area contributed by atoms with Crippen LogP contribution in [-0.2, 0) is 28.8 Å². The van der Waals surface area contributed by atoms with Crippen molar-refractivity contribution >= 4 is 52.3 Å². The summed E-state index contributed by atoms with van der Waals surface area (Å²) in [6.45, 7) is 13.2. The zero-order chi connectivity index (χ0) is 45.0. The number of carboxylic acids is 1. The van der Waals surface area contributed by atoms with Crippen molar-refractivity contribution in [1.82, 2.24) is 30.0 Å². The van der Waals surface area contributed by atoms with E-state index < -0.39 is 5.97 Å². The summed E-state index contributed by atoms with van der Waals surface area (Å²) in [5.41, 5.74) is 8.77. The van der Waals surface area contributed by atoms with Crippen molar-refractivity contribution in [2.75, 3.05) is 49.5 Å². The summed E-state index contributed by atoms with van der Waals surface area (Å²) in [6, 6.07) is 17.9. The molecule has 3 aromatic heterocycles. The Balaban J connectivity index is 0.860. The number of nitrogens with zero attached hydrogens (tertiary/aromatic N) is 6. The summed E-state index contributed by atoms with van der Waals surface area (Å²) in [4.78, 5) is 40.7. The van der Waals surface area contributed by atoms with Gasteiger partial charge in [0.15, 0.2) is 10.8 Å². The van der Waals surface area contributed by atoms with Crippen LogP contribution in [0.2, 0.25) is 0 Å². The van der Waals surface area contributed by atoms with E-state index in [2.05, 4.69) is 62.6 Å². The fourth-order valence-corrected chi connectivity index (χ4v) is 14.7. The molecule has 2 atom stereocenters. The van der Waals surface area contributed by atoms with Gasteiger partial charge < -0.3 is 10.0 Å². The van der Waals surface area contributed by atoms with Gasteiger partial charge in [-0.15, -0.1) is 0 Å². The third-order valence-corrected chi connectivity index (χ3v) is 16.5. The molecular weight excluding hydrogens is 856 g/mol. The number of pyridine rings is 1. The molecule has 6 aliphatic rings. The topological polar surface area (TPSA) is 155 Å². The third-order valence-electron chi connectivity index (χ3n) is 15.2. The maximum atomic E-state index is 13.7. The van der Waals surface area contributed by atoms with Gasteiger partial charge in [-0.25, -0.2) is 14.8 Å². The van der Waals surface area contributed by atoms with Crippen molar-refractivity contribution in [2.24, 2.45) is 16.2 Å². The average molecular weight is 915 g/mol. The van der Waals surface area contributed by atoms with Crippen molar-refractivity contribution in [3.05, 3.63) is 88.9 Å². The van der Waals surface area contributed by atoms with Gasteiger partial charge in [-0.05, 0) is 54.8 Å². The van der Waals surface area contributed by atoms with Crippen LogP contribution in [0.5, 0.6) is 0 Å². The fraction of sp³-hybridized carbons (Fsp3) is 0.520. The van der Waals surface area contributed by atoms with Gasteiger partial charge in [0.25, 0.3) is 5.91 Å². The molecule has 2 unspecified atom stereocenters. The Morgan fingerprint density at radius 1 is 0.985 bits per heavy atom. The number of para-hydroxylation sites is 1. The minimum atomic E-state index is -1.09. The molecule has 2 aliphatic heterocycles. The third kappa shape index (κ3) is 8.86. The van der Waals surface area contributed by atoms with E-state index in [9.17, 15) is 19.3 Å². The molecule has 5 fully saturated rings. The summed E-state index contributed by atoms with van der Waals surface area (Å²) in [6.07, 6.45) is 12.0. The van der Waals surface area contributed by atoms with Crippen molar-refractivity contribution in [3.8, 4) is 16.8 Å². The molecule has 4 saturated carbocycles. The van der Waals surface area contributed by atoms with Gasteiger partial charge in [-0.3, -0.25) is 10.1 Å². The van der Waals surface area contributed by atoms with E-state index in [1.165, 1.54) is 17.8 Å². The quantitative estimate of drug-likeness (QED) is 0.0914. The van der Waals surface area contributed by atoms with Crippen molar-refractivity contribution in [1.29, 1.82) is 0 Å². The molecule has 11 rings (SSSR count). The van der Waals surface area contributed by atoms with E-state index >= 15 is 0 Å². The molecule has 13 nitrogen and oxygen atoms in total. The number of carbonyl (C=O) groups excluding carboxylic acids is 1. The number of aromatic nitrogens is 4. The van der Waals surface area contributed by atoms with E-state index in [4.69, 9.17) is 14.8 Å². The van der Waals surface area contributed by atoms with Crippen LogP contribution >= 0.6 is 19.3 Å². The maximum absolute atomic E-state index is 13.7. The standard InChI is InChI=1S/C50H59N8O5PS/c1-33-38(24-52-58(33)32-49-27-47(2)26-48(3,28-49)30-50(29-47,31-49)63-22-21-56(19-7-23-64-62)35-14-17-51-18-15-35)36-12-13-42(54-43(36)45(60)61)57-20-16-34-8-6-9-37(39(34)25-57)44(59)55-46-53-40-10-4-5-11-41(40)65-46/h4-6,8-13,24,35,51H,7,14-22,25-32H2,1-3H3,(H,60,61)(H,53,55,59). The first-order valence-corrected chi connectivity index (χ1v) is 24.9. The molecule has 5 aromatic rings. The van der Waals surface area contributed by atoms with Crippen LogP contribution in [0.3, 0.4) is 0 Å². The first-order valence-electron chi connectivity index (χ1n) is 23.3. The Labute approximate surface area is 385 Å². The zero-order valence-corrected chi connectivity index (χ0v) is 39.4. The molecule has 2 aromatic carbocycles. The van der Waals surface area contributed by atoms with Crippen molar-refractivity contribution < 1.29 is 24.0 Å². The van der Waals surface area contributed by atoms with E-state index in [-0.39, 0.29) is 41.4 Å². The number of benzene rings is 2. The first kappa shape index (κ1) is 44.2. The molecular formula is C50H59N8O5PS. The van der Waals surface area contributed by atoms with Crippen molar-refractivity contribution in [3.63, 3.8) is 0 Å². The summed E-state index contributed by atoms with van der Waals surface area (Å²) < 4.78 is 21.5. The predicted octanol–water partition coefficient (Wildman–Crippen LogP) is 9.21. The molecule has 15 heteroatoms. The Morgan fingerprint density at radius 2 is 1.78 bits per heavy atom. The normalized spacial score (nSPS) is 26.1. The number of carboxylic acid groups (broad SMARTS) is 1. The van der Waals surface area contributed by atoms with Crippen LogP contribution in [0.15, 0.2) is 60.8 Å². The average Bonchev–Trinajstić information content (AvgIpc) is 3.85. The van der Waals surface area contributed by atoms with E-state index in [1.54, 1.807) is 0 Å². The van der Waals surface area contributed by atoms with Crippen LogP contribution < -0.4 is 15.5 Å². The molecule has 4 bridgehead atoms. The number of hydrogen-bond acceptors (Lipinski definition) is 11. The SMILES string of the molecule is Cc1c(-c2ccc(N3CCc4cccc(C(=O)Nc5nc6ccccc6s5)c4C3)nc2C(=O)O)cnn1CC12CC3(C)CC(C)(C1)CC(OCCN(CCC#P=O)C1CCNCC1)(C3)C2. The Morgan fingerprint density at radius 3 is 2.55 bits per heavy atom. The predicted molar refractivity (Wildman–Crippen MR) is 255 cm³/mol. The van der Waals surface area contributed by atoms with Gasteiger partial charge in [0.2, 0.25) is 0 Å². The summed E-state index contributed by atoms with van der Waals surface area (Å²) in [7, 11) is -0.0245. The second kappa shape index (κ2) is 17.5. The number of fused-ring (bicyclic) bond motifs is 2. The van der Waals surface area contributed by atoms with E-state index in [0.29, 0.717) is 60.7 Å². The molecule has 0 radical (unpaired) electrons. The number of carbonyl (C=O) groups is 2. The van der Waals surface area contributed by atoms with Gasteiger partial charge in [0.05, 0.1) is 16.4 Å². The number of piperidine rings is 1. The molecule has 3 N–H and O–H groups in total. The number of amides is 1. The molecule has 340 valence electrons. The molecule has 0 spiro atoms. The van der Waals surface area contributed by atoms with Crippen LogP contribution in [0.25, 0.3) is 21.3 Å². The number of hydrogen-bond donors (Lipinski definition) is 3. The van der Waals surface area contributed by atoms with Gasteiger partial charge in [-0.1, -0.05) is 35.6 Å². The Hall–Kier alpha value is -4.68. The van der Waals surface area contributed by atoms with Gasteiger partial charge >= 0.3 is 183 Å². The minimum absolute atomic E-state index is 0.00454. The van der Waals surface area contributed by atoms with E-state index in [0.717, 1.165) is 110 Å². The molecule has 1 saturated heterocycles. The van der Waals surface area contributed by atoms with Crippen LogP contribution in [0.4, 0.5) is 10.9 Å².